The number of rotatable bonds is 8. The van der Waals surface area contributed by atoms with Crippen LogP contribution in [-0.2, 0) is 4.79 Å². The fourth-order valence-corrected chi connectivity index (χ4v) is 3.29. The minimum absolute atomic E-state index is 0.0127. The molecule has 2 aromatic carbocycles. The molecule has 1 aromatic heterocycles. The number of nitriles is 1. The van der Waals surface area contributed by atoms with E-state index >= 15 is 0 Å². The molecule has 1 N–H and O–H groups in total. The minimum Gasteiger partial charge on any atom is -0.494 e. The van der Waals surface area contributed by atoms with E-state index in [-0.39, 0.29) is 11.3 Å². The fourth-order valence-electron chi connectivity index (χ4n) is 2.58. The van der Waals surface area contributed by atoms with Gasteiger partial charge < -0.3 is 4.74 Å². The van der Waals surface area contributed by atoms with Crippen molar-refractivity contribution in [1.82, 2.24) is 4.98 Å². The number of ether oxygens (including phenoxy) is 1. The highest BCUT2D eigenvalue weighted by molar-refractivity contribution is 7.14. The quantitative estimate of drug-likeness (QED) is 0.229. The van der Waals surface area contributed by atoms with Crippen molar-refractivity contribution in [2.75, 3.05) is 11.9 Å². The lowest BCUT2D eigenvalue weighted by Gasteiger charge is -2.04. The van der Waals surface area contributed by atoms with Gasteiger partial charge in [0.05, 0.1) is 17.2 Å². The maximum Gasteiger partial charge on any atom is 0.269 e. The van der Waals surface area contributed by atoms with Crippen molar-refractivity contribution in [2.45, 2.75) is 13.3 Å². The molecule has 3 rings (SSSR count). The van der Waals surface area contributed by atoms with E-state index in [1.807, 2.05) is 13.0 Å². The van der Waals surface area contributed by atoms with E-state index in [9.17, 15) is 20.2 Å². The zero-order valence-corrected chi connectivity index (χ0v) is 17.4. The third-order valence-corrected chi connectivity index (χ3v) is 4.89. The van der Waals surface area contributed by atoms with Gasteiger partial charge in [-0.25, -0.2) is 4.98 Å². The third kappa shape index (κ3) is 5.74. The number of hydrogen-bond donors (Lipinski definition) is 1. The van der Waals surface area contributed by atoms with E-state index in [0.29, 0.717) is 28.6 Å². The monoisotopic (exact) mass is 434 g/mol. The molecule has 9 heteroatoms. The molecule has 0 saturated carbocycles. The molecule has 0 aliphatic heterocycles. The Morgan fingerprint density at radius 2 is 1.97 bits per heavy atom. The van der Waals surface area contributed by atoms with Gasteiger partial charge >= 0.3 is 0 Å². The Balaban J connectivity index is 1.69. The molecule has 0 unspecified atom stereocenters. The number of amides is 1. The van der Waals surface area contributed by atoms with Gasteiger partial charge in [-0.15, -0.1) is 11.3 Å². The summed E-state index contributed by atoms with van der Waals surface area (Å²) in [5.74, 6) is 0.155. The normalized spacial score (nSPS) is 10.9. The highest BCUT2D eigenvalue weighted by Crippen LogP contribution is 2.27. The van der Waals surface area contributed by atoms with E-state index in [2.05, 4.69) is 10.3 Å². The van der Waals surface area contributed by atoms with Crippen molar-refractivity contribution in [2.24, 2.45) is 0 Å². The topological polar surface area (TPSA) is 118 Å². The zero-order valence-electron chi connectivity index (χ0n) is 16.6. The van der Waals surface area contributed by atoms with E-state index in [1.165, 1.54) is 29.5 Å². The molecule has 3 aromatic rings. The predicted octanol–water partition coefficient (Wildman–Crippen LogP) is 5.05. The number of non-ortho nitro benzene ring substituents is 1. The minimum atomic E-state index is -0.571. The summed E-state index contributed by atoms with van der Waals surface area (Å²) in [6, 6.07) is 15.0. The van der Waals surface area contributed by atoms with Gasteiger partial charge in [-0.2, -0.15) is 5.26 Å². The van der Waals surface area contributed by atoms with Crippen LogP contribution in [0.25, 0.3) is 17.3 Å². The molecule has 0 spiro atoms. The SMILES string of the molecule is CCCOc1ccc(/C=C(\C#N)C(=O)Nc2nc(-c3ccc([N+](=O)[O-])cc3)cs2)cc1. The number of thiazole rings is 1. The second-order valence-corrected chi connectivity index (χ2v) is 7.24. The van der Waals surface area contributed by atoms with Crippen LogP contribution in [0.5, 0.6) is 5.75 Å². The molecule has 0 atom stereocenters. The summed E-state index contributed by atoms with van der Waals surface area (Å²) < 4.78 is 5.52. The van der Waals surface area contributed by atoms with Gasteiger partial charge in [-0.05, 0) is 42.3 Å². The van der Waals surface area contributed by atoms with Gasteiger partial charge in [-0.1, -0.05) is 19.1 Å². The Kier molecular flexibility index (Phi) is 7.09. The van der Waals surface area contributed by atoms with Gasteiger partial charge in [0.15, 0.2) is 5.13 Å². The van der Waals surface area contributed by atoms with E-state index in [4.69, 9.17) is 4.74 Å². The average molecular weight is 434 g/mol. The maximum absolute atomic E-state index is 12.5. The van der Waals surface area contributed by atoms with Crippen LogP contribution in [-0.4, -0.2) is 22.4 Å². The molecule has 8 nitrogen and oxygen atoms in total. The molecule has 1 amide bonds. The van der Waals surface area contributed by atoms with Crippen LogP contribution in [0.3, 0.4) is 0 Å². The van der Waals surface area contributed by atoms with Gasteiger partial charge in [0.1, 0.15) is 17.4 Å². The van der Waals surface area contributed by atoms with E-state index in [1.54, 1.807) is 41.8 Å². The molecule has 0 aliphatic rings. The third-order valence-electron chi connectivity index (χ3n) is 4.13. The number of nitro benzene ring substituents is 1. The van der Waals surface area contributed by atoms with Gasteiger partial charge in [-0.3, -0.25) is 20.2 Å². The lowest BCUT2D eigenvalue weighted by Crippen LogP contribution is -2.13. The number of carbonyl (C=O) groups excluding carboxylic acids is 1. The number of benzene rings is 2. The van der Waals surface area contributed by atoms with Crippen molar-refractivity contribution in [3.05, 3.63) is 75.2 Å². The number of hydrogen-bond acceptors (Lipinski definition) is 7. The Morgan fingerprint density at radius 3 is 2.58 bits per heavy atom. The van der Waals surface area contributed by atoms with Crippen molar-refractivity contribution in [3.8, 4) is 23.1 Å². The van der Waals surface area contributed by atoms with E-state index in [0.717, 1.165) is 12.2 Å². The van der Waals surface area contributed by atoms with Crippen molar-refractivity contribution < 1.29 is 14.5 Å². The summed E-state index contributed by atoms with van der Waals surface area (Å²) in [5, 5.41) is 24.8. The van der Waals surface area contributed by atoms with Crippen molar-refractivity contribution in [1.29, 1.82) is 5.26 Å². The highest BCUT2D eigenvalue weighted by Gasteiger charge is 2.13. The molecule has 0 radical (unpaired) electrons. The van der Waals surface area contributed by atoms with Crippen molar-refractivity contribution >= 4 is 34.1 Å². The summed E-state index contributed by atoms with van der Waals surface area (Å²) in [6.07, 6.45) is 2.40. The summed E-state index contributed by atoms with van der Waals surface area (Å²) in [7, 11) is 0. The molecule has 0 bridgehead atoms. The molecule has 0 saturated heterocycles. The fraction of sp³-hybridized carbons (Fsp3) is 0.136. The highest BCUT2D eigenvalue weighted by atomic mass is 32.1. The average Bonchev–Trinajstić information content (AvgIpc) is 3.25. The molecule has 156 valence electrons. The van der Waals surface area contributed by atoms with Gasteiger partial charge in [0.25, 0.3) is 11.6 Å². The number of carbonyl (C=O) groups is 1. The molecule has 0 aliphatic carbocycles. The summed E-state index contributed by atoms with van der Waals surface area (Å²) in [5.41, 5.74) is 1.88. The molecular formula is C22H18N4O4S. The lowest BCUT2D eigenvalue weighted by molar-refractivity contribution is -0.384. The second kappa shape index (κ2) is 10.1. The molecular weight excluding hydrogens is 416 g/mol. The van der Waals surface area contributed by atoms with Crippen LogP contribution in [0.2, 0.25) is 0 Å². The van der Waals surface area contributed by atoms with Crippen molar-refractivity contribution in [3.63, 3.8) is 0 Å². The smallest absolute Gasteiger partial charge is 0.269 e. The predicted molar refractivity (Wildman–Crippen MR) is 119 cm³/mol. The number of nitrogens with zero attached hydrogens (tertiary/aromatic N) is 3. The molecule has 1 heterocycles. The zero-order chi connectivity index (χ0) is 22.2. The van der Waals surface area contributed by atoms with Gasteiger partial charge in [0, 0.05) is 23.1 Å². The first kappa shape index (κ1) is 21.7. The number of aromatic nitrogens is 1. The molecule has 0 fully saturated rings. The standard InChI is InChI=1S/C22H18N4O4S/c1-2-11-30-19-9-3-15(4-10-19)12-17(13-23)21(27)25-22-24-20(14-31-22)16-5-7-18(8-6-16)26(28)29/h3-10,12,14H,2,11H2,1H3,(H,24,25,27)/b17-12+. The first-order valence-corrected chi connectivity index (χ1v) is 10.2. The van der Waals surface area contributed by atoms with Crippen LogP contribution >= 0.6 is 11.3 Å². The van der Waals surface area contributed by atoms with E-state index < -0.39 is 10.8 Å². The van der Waals surface area contributed by atoms with Crippen LogP contribution < -0.4 is 10.1 Å². The Bertz CT molecular complexity index is 1150. The summed E-state index contributed by atoms with van der Waals surface area (Å²) in [4.78, 5) is 27.1. The van der Waals surface area contributed by atoms with Crippen LogP contribution in [0.15, 0.2) is 59.5 Å². The second-order valence-electron chi connectivity index (χ2n) is 6.38. The largest absolute Gasteiger partial charge is 0.494 e. The first-order valence-electron chi connectivity index (χ1n) is 9.36. The van der Waals surface area contributed by atoms with Crippen LogP contribution in [0, 0.1) is 21.4 Å². The van der Waals surface area contributed by atoms with Crippen LogP contribution in [0.1, 0.15) is 18.9 Å². The summed E-state index contributed by atoms with van der Waals surface area (Å²) in [6.45, 7) is 2.64. The number of anilines is 1. The summed E-state index contributed by atoms with van der Waals surface area (Å²) >= 11 is 1.20. The van der Waals surface area contributed by atoms with Gasteiger partial charge in [0.2, 0.25) is 0 Å². The number of nitro groups is 1. The van der Waals surface area contributed by atoms with Crippen LogP contribution in [0.4, 0.5) is 10.8 Å². The maximum atomic E-state index is 12.5. The lowest BCUT2D eigenvalue weighted by atomic mass is 10.1. The first-order chi connectivity index (χ1) is 15.0. The Morgan fingerprint density at radius 1 is 1.26 bits per heavy atom. The number of nitrogens with one attached hydrogen (secondary N) is 1. The molecule has 31 heavy (non-hydrogen) atoms. The Labute approximate surface area is 182 Å². The Hall–Kier alpha value is -4.03.